The highest BCUT2D eigenvalue weighted by molar-refractivity contribution is 5.95. The zero-order valence-corrected chi connectivity index (χ0v) is 12.8. The van der Waals surface area contributed by atoms with Gasteiger partial charge in [-0.05, 0) is 45.4 Å². The van der Waals surface area contributed by atoms with Gasteiger partial charge in [0.05, 0.1) is 5.56 Å². The minimum Gasteiger partial charge on any atom is -0.333 e. The summed E-state index contributed by atoms with van der Waals surface area (Å²) in [6, 6.07) is 5.36. The number of nitrogens with zero attached hydrogens (tertiary/aromatic N) is 2. The van der Waals surface area contributed by atoms with Crippen molar-refractivity contribution in [2.24, 2.45) is 0 Å². The van der Waals surface area contributed by atoms with Gasteiger partial charge in [0.15, 0.2) is 0 Å². The number of halogens is 1. The summed E-state index contributed by atoms with van der Waals surface area (Å²) in [6.45, 7) is 6.72. The number of carbonyl (C=O) groups is 1. The van der Waals surface area contributed by atoms with Crippen molar-refractivity contribution < 1.29 is 9.18 Å². The maximum atomic E-state index is 14.0. The van der Waals surface area contributed by atoms with E-state index in [1.54, 1.807) is 12.1 Å². The van der Waals surface area contributed by atoms with Crippen molar-refractivity contribution in [1.82, 2.24) is 9.80 Å². The van der Waals surface area contributed by atoms with Gasteiger partial charge in [-0.15, -0.1) is 0 Å². The lowest BCUT2D eigenvalue weighted by molar-refractivity contribution is 0.0149. The van der Waals surface area contributed by atoms with Crippen LogP contribution in [0.4, 0.5) is 4.39 Å². The Kier molecular flexibility index (Phi) is 3.98. The van der Waals surface area contributed by atoms with Gasteiger partial charge in [0.2, 0.25) is 0 Å². The van der Waals surface area contributed by atoms with E-state index in [1.807, 2.05) is 11.8 Å². The molecule has 0 aromatic heterocycles. The predicted octanol–water partition coefficient (Wildman–Crippen LogP) is 2.83. The number of hydrogen-bond acceptors (Lipinski definition) is 2. The largest absolute Gasteiger partial charge is 0.333 e. The van der Waals surface area contributed by atoms with Gasteiger partial charge < -0.3 is 4.90 Å². The van der Waals surface area contributed by atoms with Crippen LogP contribution in [0.2, 0.25) is 0 Å². The number of fused-ring (bicyclic) bond motifs is 1. The van der Waals surface area contributed by atoms with Crippen molar-refractivity contribution in [3.05, 3.63) is 35.1 Å². The van der Waals surface area contributed by atoms with E-state index in [0.717, 1.165) is 31.6 Å². The number of hydrogen-bond donors (Lipinski definition) is 0. The van der Waals surface area contributed by atoms with Crippen LogP contribution < -0.4 is 0 Å². The van der Waals surface area contributed by atoms with E-state index < -0.39 is 5.82 Å². The second kappa shape index (κ2) is 5.76. The molecular formula is C17H23FN2O. The fourth-order valence-corrected chi connectivity index (χ4v) is 3.59. The second-order valence-electron chi connectivity index (χ2n) is 6.43. The summed E-state index contributed by atoms with van der Waals surface area (Å²) in [7, 11) is 0. The molecule has 0 spiro atoms. The SMILES string of the molecule is Cc1ccc(F)c(C(=O)N2CC3CCCCN3CC2C)c1. The van der Waals surface area contributed by atoms with Crippen LogP contribution >= 0.6 is 0 Å². The number of aryl methyl sites for hydroxylation is 1. The third-order valence-electron chi connectivity index (χ3n) is 4.80. The Bertz CT molecular complexity index is 546. The molecule has 2 heterocycles. The molecular weight excluding hydrogens is 267 g/mol. The molecule has 0 saturated carbocycles. The van der Waals surface area contributed by atoms with Crippen molar-refractivity contribution >= 4 is 5.91 Å². The normalized spacial score (nSPS) is 26.5. The molecule has 1 amide bonds. The van der Waals surface area contributed by atoms with E-state index in [-0.39, 0.29) is 17.5 Å². The Morgan fingerprint density at radius 2 is 2.10 bits per heavy atom. The van der Waals surface area contributed by atoms with Crippen LogP contribution in [0.5, 0.6) is 0 Å². The van der Waals surface area contributed by atoms with Gasteiger partial charge >= 0.3 is 0 Å². The monoisotopic (exact) mass is 290 g/mol. The molecule has 114 valence electrons. The molecule has 21 heavy (non-hydrogen) atoms. The van der Waals surface area contributed by atoms with E-state index in [0.29, 0.717) is 6.04 Å². The lowest BCUT2D eigenvalue weighted by Gasteiger charge is -2.47. The number of rotatable bonds is 1. The first kappa shape index (κ1) is 14.5. The highest BCUT2D eigenvalue weighted by atomic mass is 19.1. The zero-order valence-electron chi connectivity index (χ0n) is 12.8. The van der Waals surface area contributed by atoms with Crippen molar-refractivity contribution in [3.63, 3.8) is 0 Å². The third kappa shape index (κ3) is 2.82. The summed E-state index contributed by atoms with van der Waals surface area (Å²) in [5, 5.41) is 0. The van der Waals surface area contributed by atoms with E-state index in [2.05, 4.69) is 11.8 Å². The minimum absolute atomic E-state index is 0.145. The quantitative estimate of drug-likeness (QED) is 0.794. The molecule has 0 radical (unpaired) electrons. The summed E-state index contributed by atoms with van der Waals surface area (Å²) >= 11 is 0. The summed E-state index contributed by atoms with van der Waals surface area (Å²) in [4.78, 5) is 17.1. The number of carbonyl (C=O) groups excluding carboxylic acids is 1. The molecule has 2 atom stereocenters. The zero-order chi connectivity index (χ0) is 15.0. The van der Waals surface area contributed by atoms with Crippen molar-refractivity contribution in [2.45, 2.75) is 45.2 Å². The van der Waals surface area contributed by atoms with Crippen LogP contribution in [-0.2, 0) is 0 Å². The summed E-state index contributed by atoms with van der Waals surface area (Å²) < 4.78 is 14.0. The van der Waals surface area contributed by atoms with Crippen LogP contribution in [0.1, 0.15) is 42.1 Å². The number of amides is 1. The number of benzene rings is 1. The highest BCUT2D eigenvalue weighted by Gasteiger charge is 2.36. The molecule has 2 fully saturated rings. The average molecular weight is 290 g/mol. The molecule has 2 aliphatic rings. The highest BCUT2D eigenvalue weighted by Crippen LogP contribution is 2.25. The smallest absolute Gasteiger partial charge is 0.257 e. The third-order valence-corrected chi connectivity index (χ3v) is 4.80. The Balaban J connectivity index is 1.82. The van der Waals surface area contributed by atoms with Crippen LogP contribution in [0.25, 0.3) is 0 Å². The van der Waals surface area contributed by atoms with Crippen molar-refractivity contribution in [2.75, 3.05) is 19.6 Å². The maximum absolute atomic E-state index is 14.0. The topological polar surface area (TPSA) is 23.6 Å². The number of piperidine rings is 1. The molecule has 1 aromatic carbocycles. The van der Waals surface area contributed by atoms with Gasteiger partial charge in [0.25, 0.3) is 5.91 Å². The van der Waals surface area contributed by atoms with Crippen molar-refractivity contribution in [1.29, 1.82) is 0 Å². The minimum atomic E-state index is -0.413. The summed E-state index contributed by atoms with van der Waals surface area (Å²) in [5.41, 5.74) is 1.13. The van der Waals surface area contributed by atoms with Gasteiger partial charge in [-0.2, -0.15) is 0 Å². The first-order valence-corrected chi connectivity index (χ1v) is 7.87. The molecule has 0 aliphatic carbocycles. The number of piperazine rings is 1. The second-order valence-corrected chi connectivity index (χ2v) is 6.43. The van der Waals surface area contributed by atoms with E-state index in [1.165, 1.54) is 18.9 Å². The van der Waals surface area contributed by atoms with Gasteiger partial charge in [-0.1, -0.05) is 18.1 Å². The molecule has 3 rings (SSSR count). The lowest BCUT2D eigenvalue weighted by atomic mass is 9.96. The standard InChI is InChI=1S/C17H23FN2O/c1-12-6-7-16(18)15(9-12)17(21)20-11-14-5-3-4-8-19(14)10-13(20)2/h6-7,9,13-14H,3-5,8,10-11H2,1-2H3. The molecule has 0 N–H and O–H groups in total. The molecule has 1 aromatic rings. The van der Waals surface area contributed by atoms with Gasteiger partial charge in [-0.3, -0.25) is 9.69 Å². The van der Waals surface area contributed by atoms with E-state index in [4.69, 9.17) is 0 Å². The Labute approximate surface area is 125 Å². The fourth-order valence-electron chi connectivity index (χ4n) is 3.59. The van der Waals surface area contributed by atoms with Crippen LogP contribution in [0.15, 0.2) is 18.2 Å². The average Bonchev–Trinajstić information content (AvgIpc) is 2.48. The summed E-state index contributed by atoms with van der Waals surface area (Å²) in [5.74, 6) is -0.571. The first-order valence-electron chi connectivity index (χ1n) is 7.87. The Morgan fingerprint density at radius 3 is 2.90 bits per heavy atom. The molecule has 2 saturated heterocycles. The van der Waals surface area contributed by atoms with Gasteiger partial charge in [0.1, 0.15) is 5.82 Å². The first-order chi connectivity index (χ1) is 10.1. The molecule has 0 bridgehead atoms. The maximum Gasteiger partial charge on any atom is 0.257 e. The molecule has 3 nitrogen and oxygen atoms in total. The van der Waals surface area contributed by atoms with Crippen LogP contribution in [0, 0.1) is 12.7 Å². The van der Waals surface area contributed by atoms with E-state index in [9.17, 15) is 9.18 Å². The van der Waals surface area contributed by atoms with E-state index >= 15 is 0 Å². The lowest BCUT2D eigenvalue weighted by Crippen LogP contribution is -2.60. The Hall–Kier alpha value is -1.42. The predicted molar refractivity (Wildman–Crippen MR) is 80.8 cm³/mol. The molecule has 2 aliphatic heterocycles. The van der Waals surface area contributed by atoms with Crippen molar-refractivity contribution in [3.8, 4) is 0 Å². The van der Waals surface area contributed by atoms with Gasteiger partial charge in [-0.25, -0.2) is 4.39 Å². The fraction of sp³-hybridized carbons (Fsp3) is 0.588. The van der Waals surface area contributed by atoms with Crippen LogP contribution in [0.3, 0.4) is 0 Å². The molecule has 2 unspecified atom stereocenters. The molecule has 4 heteroatoms. The van der Waals surface area contributed by atoms with Crippen LogP contribution in [-0.4, -0.2) is 47.4 Å². The van der Waals surface area contributed by atoms with Gasteiger partial charge in [0, 0.05) is 25.2 Å². The summed E-state index contributed by atoms with van der Waals surface area (Å²) in [6.07, 6.45) is 3.63. The Morgan fingerprint density at radius 1 is 1.29 bits per heavy atom.